The normalized spacial score (nSPS) is 9.91. The van der Waals surface area contributed by atoms with Gasteiger partial charge < -0.3 is 19.1 Å². The number of likely N-dealkylation sites (N-methyl/N-ethyl adjacent to an activating group) is 1. The average Bonchev–Trinajstić information content (AvgIpc) is 2.51. The molecule has 0 fully saturated rings. The highest BCUT2D eigenvalue weighted by Gasteiger charge is 2.26. The Morgan fingerprint density at radius 1 is 1.26 bits per heavy atom. The van der Waals surface area contributed by atoms with Gasteiger partial charge in [0.2, 0.25) is 0 Å². The van der Waals surface area contributed by atoms with E-state index in [0.717, 1.165) is 12.1 Å². The molecule has 126 valence electrons. The van der Waals surface area contributed by atoms with E-state index in [1.54, 1.807) is 6.92 Å². The molecule has 0 heterocycles. The number of carbonyl (C=O) groups is 2. The van der Waals surface area contributed by atoms with Gasteiger partial charge in [0.25, 0.3) is 11.6 Å². The van der Waals surface area contributed by atoms with Crippen LogP contribution in [-0.2, 0) is 9.53 Å². The Morgan fingerprint density at radius 3 is 2.39 bits per heavy atom. The van der Waals surface area contributed by atoms with Crippen molar-refractivity contribution in [1.82, 2.24) is 4.90 Å². The number of rotatable bonds is 7. The summed E-state index contributed by atoms with van der Waals surface area (Å²) in [6, 6.07) is 2.25. The molecule has 0 saturated heterocycles. The number of hydrogen-bond donors (Lipinski definition) is 0. The predicted molar refractivity (Wildman–Crippen MR) is 79.8 cm³/mol. The van der Waals surface area contributed by atoms with Crippen LogP contribution in [0.2, 0.25) is 0 Å². The van der Waals surface area contributed by atoms with Gasteiger partial charge in [-0.2, -0.15) is 0 Å². The molecule has 0 bridgehead atoms. The summed E-state index contributed by atoms with van der Waals surface area (Å²) in [5.41, 5.74) is -0.807. The van der Waals surface area contributed by atoms with Gasteiger partial charge in [-0.1, -0.05) is 0 Å². The number of nitrogens with zero attached hydrogens (tertiary/aromatic N) is 2. The van der Waals surface area contributed by atoms with Crippen LogP contribution in [0.15, 0.2) is 12.1 Å². The van der Waals surface area contributed by atoms with Crippen molar-refractivity contribution in [3.63, 3.8) is 0 Å². The molecule has 0 N–H and O–H groups in total. The Morgan fingerprint density at radius 2 is 1.91 bits per heavy atom. The maximum Gasteiger partial charge on any atom is 0.345 e. The third kappa shape index (κ3) is 4.56. The number of nitro groups is 1. The highest BCUT2D eigenvalue weighted by Crippen LogP contribution is 2.35. The molecule has 0 radical (unpaired) electrons. The zero-order chi connectivity index (χ0) is 17.6. The summed E-state index contributed by atoms with van der Waals surface area (Å²) in [4.78, 5) is 35.1. The van der Waals surface area contributed by atoms with Gasteiger partial charge in [0.15, 0.2) is 18.1 Å². The third-order valence-electron chi connectivity index (χ3n) is 2.82. The smallest absolute Gasteiger partial charge is 0.345 e. The van der Waals surface area contributed by atoms with Crippen molar-refractivity contribution < 1.29 is 28.7 Å². The summed E-state index contributed by atoms with van der Waals surface area (Å²) in [5, 5.41) is 11.2. The van der Waals surface area contributed by atoms with Crippen molar-refractivity contribution >= 4 is 17.6 Å². The van der Waals surface area contributed by atoms with Gasteiger partial charge in [0, 0.05) is 20.2 Å². The zero-order valence-corrected chi connectivity index (χ0v) is 13.3. The van der Waals surface area contributed by atoms with E-state index in [9.17, 15) is 19.7 Å². The number of carbonyl (C=O) groups excluding carboxylic acids is 2. The molecule has 0 aliphatic heterocycles. The molecule has 1 amide bonds. The molecule has 1 aromatic rings. The van der Waals surface area contributed by atoms with Crippen molar-refractivity contribution in [2.45, 2.75) is 6.92 Å². The number of esters is 1. The van der Waals surface area contributed by atoms with Crippen LogP contribution in [0.4, 0.5) is 5.69 Å². The molecule has 23 heavy (non-hydrogen) atoms. The molecule has 0 atom stereocenters. The Kier molecular flexibility index (Phi) is 6.31. The second-order valence-electron chi connectivity index (χ2n) is 4.57. The predicted octanol–water partition coefficient (Wildman–Crippen LogP) is 1.25. The molecular formula is C14H18N2O7. The summed E-state index contributed by atoms with van der Waals surface area (Å²) in [6.45, 7) is 1.47. The number of hydrogen-bond acceptors (Lipinski definition) is 7. The van der Waals surface area contributed by atoms with Gasteiger partial charge in [0.05, 0.1) is 24.7 Å². The molecule has 9 nitrogen and oxygen atoms in total. The van der Waals surface area contributed by atoms with E-state index in [1.165, 1.54) is 26.1 Å². The Hall–Kier alpha value is -2.84. The van der Waals surface area contributed by atoms with E-state index in [4.69, 9.17) is 14.2 Å². The first-order valence-corrected chi connectivity index (χ1v) is 6.68. The van der Waals surface area contributed by atoms with Crippen molar-refractivity contribution in [1.29, 1.82) is 0 Å². The fraction of sp³-hybridized carbons (Fsp3) is 0.429. The lowest BCUT2D eigenvalue weighted by molar-refractivity contribution is -0.385. The van der Waals surface area contributed by atoms with Crippen LogP contribution in [0.1, 0.15) is 17.3 Å². The molecule has 0 unspecified atom stereocenters. The standard InChI is InChI=1S/C14H18N2O7/c1-5-22-12-7-10(16(19)20)9(6-11(12)21-4)14(18)23-8-13(17)15(2)3/h6-7H,5,8H2,1-4H3. The Balaban J connectivity index is 3.15. The number of ether oxygens (including phenoxy) is 3. The minimum atomic E-state index is -0.992. The van der Waals surface area contributed by atoms with Gasteiger partial charge in [-0.15, -0.1) is 0 Å². The molecular weight excluding hydrogens is 308 g/mol. The number of methoxy groups -OCH3 is 1. The van der Waals surface area contributed by atoms with Crippen molar-refractivity contribution in [2.24, 2.45) is 0 Å². The lowest BCUT2D eigenvalue weighted by Crippen LogP contribution is -2.27. The number of nitro benzene ring substituents is 1. The quantitative estimate of drug-likeness (QED) is 0.421. The molecule has 1 rings (SSSR count). The maximum atomic E-state index is 12.0. The van der Waals surface area contributed by atoms with E-state index in [2.05, 4.69) is 0 Å². The van der Waals surface area contributed by atoms with Gasteiger partial charge >= 0.3 is 5.97 Å². The number of amides is 1. The zero-order valence-electron chi connectivity index (χ0n) is 13.3. The minimum Gasteiger partial charge on any atom is -0.493 e. The Bertz CT molecular complexity index is 613. The van der Waals surface area contributed by atoms with Crippen LogP contribution in [-0.4, -0.2) is 56.1 Å². The van der Waals surface area contributed by atoms with Crippen molar-refractivity contribution in [3.05, 3.63) is 27.8 Å². The topological polar surface area (TPSA) is 108 Å². The van der Waals surface area contributed by atoms with E-state index < -0.39 is 29.1 Å². The summed E-state index contributed by atoms with van der Waals surface area (Å²) in [7, 11) is 4.34. The second kappa shape index (κ2) is 7.97. The van der Waals surface area contributed by atoms with Crippen LogP contribution in [0.5, 0.6) is 11.5 Å². The fourth-order valence-electron chi connectivity index (χ4n) is 1.63. The SMILES string of the molecule is CCOc1cc([N+](=O)[O-])c(C(=O)OCC(=O)N(C)C)cc1OC. The Labute approximate surface area is 132 Å². The van der Waals surface area contributed by atoms with E-state index in [0.29, 0.717) is 0 Å². The lowest BCUT2D eigenvalue weighted by atomic mass is 10.1. The highest BCUT2D eigenvalue weighted by atomic mass is 16.6. The molecule has 0 aromatic heterocycles. The molecule has 0 spiro atoms. The van der Waals surface area contributed by atoms with Crippen LogP contribution >= 0.6 is 0 Å². The van der Waals surface area contributed by atoms with Crippen molar-refractivity contribution in [3.8, 4) is 11.5 Å². The lowest BCUT2D eigenvalue weighted by Gasteiger charge is -2.12. The molecule has 1 aromatic carbocycles. The highest BCUT2D eigenvalue weighted by molar-refractivity contribution is 5.96. The minimum absolute atomic E-state index is 0.141. The second-order valence-corrected chi connectivity index (χ2v) is 4.57. The molecule has 9 heteroatoms. The molecule has 0 saturated carbocycles. The average molecular weight is 326 g/mol. The molecule has 0 aliphatic carbocycles. The van der Waals surface area contributed by atoms with Crippen LogP contribution in [0.3, 0.4) is 0 Å². The van der Waals surface area contributed by atoms with Gasteiger partial charge in [-0.3, -0.25) is 14.9 Å². The van der Waals surface area contributed by atoms with Crippen molar-refractivity contribution in [2.75, 3.05) is 34.4 Å². The first-order chi connectivity index (χ1) is 10.8. The molecule has 0 aliphatic rings. The van der Waals surface area contributed by atoms with E-state index >= 15 is 0 Å². The van der Waals surface area contributed by atoms with Crippen LogP contribution in [0.25, 0.3) is 0 Å². The first-order valence-electron chi connectivity index (χ1n) is 6.68. The van der Waals surface area contributed by atoms with Gasteiger partial charge in [-0.05, 0) is 6.92 Å². The van der Waals surface area contributed by atoms with E-state index in [-0.39, 0.29) is 23.7 Å². The summed E-state index contributed by atoms with van der Waals surface area (Å²) in [5.74, 6) is -1.14. The maximum absolute atomic E-state index is 12.0. The fourth-order valence-corrected chi connectivity index (χ4v) is 1.63. The van der Waals surface area contributed by atoms with Crippen LogP contribution in [0, 0.1) is 10.1 Å². The number of benzene rings is 1. The summed E-state index contributed by atoms with van der Waals surface area (Å²) >= 11 is 0. The van der Waals surface area contributed by atoms with Crippen LogP contribution < -0.4 is 9.47 Å². The summed E-state index contributed by atoms with van der Waals surface area (Å²) < 4.78 is 15.1. The van der Waals surface area contributed by atoms with Gasteiger partial charge in [0.1, 0.15) is 5.56 Å². The summed E-state index contributed by atoms with van der Waals surface area (Å²) in [6.07, 6.45) is 0. The largest absolute Gasteiger partial charge is 0.493 e. The van der Waals surface area contributed by atoms with E-state index in [1.807, 2.05) is 0 Å². The third-order valence-corrected chi connectivity index (χ3v) is 2.82. The first kappa shape index (κ1) is 18.2. The monoisotopic (exact) mass is 326 g/mol. The van der Waals surface area contributed by atoms with Gasteiger partial charge in [-0.25, -0.2) is 4.79 Å².